The third kappa shape index (κ3) is 3.95. The van der Waals surface area contributed by atoms with Crippen molar-refractivity contribution in [2.45, 2.75) is 51.9 Å². The molecule has 0 spiro atoms. The van der Waals surface area contributed by atoms with Crippen molar-refractivity contribution in [1.29, 1.82) is 0 Å². The van der Waals surface area contributed by atoms with Crippen LogP contribution < -0.4 is 5.73 Å². The van der Waals surface area contributed by atoms with E-state index in [4.69, 9.17) is 5.73 Å². The zero-order valence-electron chi connectivity index (χ0n) is 8.89. The van der Waals surface area contributed by atoms with Crippen molar-refractivity contribution in [3.8, 4) is 0 Å². The highest BCUT2D eigenvalue weighted by atomic mass is 14.5. The van der Waals surface area contributed by atoms with Gasteiger partial charge in [0.2, 0.25) is 0 Å². The maximum absolute atomic E-state index is 5.65. The molecule has 13 heavy (non-hydrogen) atoms. The highest BCUT2D eigenvalue weighted by Crippen LogP contribution is 2.27. The summed E-state index contributed by atoms with van der Waals surface area (Å²) in [6.45, 7) is 3.14. The second-order valence-corrected chi connectivity index (χ2v) is 4.18. The summed E-state index contributed by atoms with van der Waals surface area (Å²) in [4.78, 5) is 0. The average Bonchev–Trinajstić information content (AvgIpc) is 2.19. The van der Waals surface area contributed by atoms with E-state index in [1.54, 1.807) is 5.57 Å². The predicted molar refractivity (Wildman–Crippen MR) is 58.6 cm³/mol. The van der Waals surface area contributed by atoms with Crippen LogP contribution in [-0.4, -0.2) is 6.54 Å². The fourth-order valence-electron chi connectivity index (χ4n) is 2.00. The van der Waals surface area contributed by atoms with E-state index in [0.717, 1.165) is 12.5 Å². The van der Waals surface area contributed by atoms with Gasteiger partial charge in [-0.15, -0.1) is 0 Å². The molecule has 1 saturated carbocycles. The first-order valence-electron chi connectivity index (χ1n) is 5.74. The zero-order chi connectivity index (χ0) is 9.52. The molecule has 0 amide bonds. The van der Waals surface area contributed by atoms with Crippen molar-refractivity contribution in [2.75, 3.05) is 6.54 Å². The summed E-state index contributed by atoms with van der Waals surface area (Å²) >= 11 is 0. The minimum absolute atomic E-state index is 0.809. The lowest BCUT2D eigenvalue weighted by Crippen LogP contribution is -2.17. The molecule has 1 fully saturated rings. The largest absolute Gasteiger partial charge is 0.330 e. The highest BCUT2D eigenvalue weighted by Gasteiger charge is 2.14. The summed E-state index contributed by atoms with van der Waals surface area (Å²) < 4.78 is 0. The molecule has 76 valence electrons. The molecule has 1 nitrogen and oxygen atoms in total. The Hall–Kier alpha value is -0.300. The monoisotopic (exact) mass is 181 g/mol. The Kier molecular flexibility index (Phi) is 5.14. The summed E-state index contributed by atoms with van der Waals surface area (Å²) in [7, 11) is 0. The van der Waals surface area contributed by atoms with Crippen LogP contribution in [0, 0.1) is 5.92 Å². The minimum atomic E-state index is 0.809. The van der Waals surface area contributed by atoms with Gasteiger partial charge in [-0.1, -0.05) is 31.4 Å². The Balaban J connectivity index is 2.19. The minimum Gasteiger partial charge on any atom is -0.330 e. The number of nitrogens with two attached hydrogens (primary N) is 1. The van der Waals surface area contributed by atoms with E-state index in [1.807, 2.05) is 0 Å². The van der Waals surface area contributed by atoms with Crippen LogP contribution in [0.2, 0.25) is 0 Å². The molecule has 1 heteroatoms. The van der Waals surface area contributed by atoms with E-state index in [-0.39, 0.29) is 0 Å². The van der Waals surface area contributed by atoms with Crippen LogP contribution in [0.5, 0.6) is 0 Å². The third-order valence-corrected chi connectivity index (χ3v) is 3.07. The van der Waals surface area contributed by atoms with E-state index in [1.165, 1.54) is 44.9 Å². The molecule has 1 aliphatic rings. The molecule has 0 aromatic rings. The molecule has 1 rings (SSSR count). The van der Waals surface area contributed by atoms with Crippen molar-refractivity contribution in [2.24, 2.45) is 11.7 Å². The average molecular weight is 181 g/mol. The first-order chi connectivity index (χ1) is 6.36. The molecule has 0 radical (unpaired) electrons. The van der Waals surface area contributed by atoms with Crippen molar-refractivity contribution >= 4 is 0 Å². The standard InChI is InChI=1S/C12H23N/c1-2-3-4-5-11-6-8-12(10-13)9-7-11/h5,12H,2-4,6-10,13H2,1H3. The normalized spacial score (nSPS) is 23.2. The fourth-order valence-corrected chi connectivity index (χ4v) is 2.00. The Morgan fingerprint density at radius 3 is 2.62 bits per heavy atom. The van der Waals surface area contributed by atoms with Crippen LogP contribution in [0.3, 0.4) is 0 Å². The SMILES string of the molecule is CCCCC=C1CCC(CN)CC1. The number of rotatable bonds is 4. The third-order valence-electron chi connectivity index (χ3n) is 3.07. The van der Waals surface area contributed by atoms with Gasteiger partial charge in [0.15, 0.2) is 0 Å². The summed E-state index contributed by atoms with van der Waals surface area (Å²) in [5.74, 6) is 0.809. The van der Waals surface area contributed by atoms with Crippen LogP contribution in [0.4, 0.5) is 0 Å². The molecule has 2 N–H and O–H groups in total. The second kappa shape index (κ2) is 6.20. The van der Waals surface area contributed by atoms with Crippen LogP contribution in [0.15, 0.2) is 11.6 Å². The Bertz CT molecular complexity index is 151. The summed E-state index contributed by atoms with van der Waals surface area (Å²) in [6.07, 6.45) is 11.7. The van der Waals surface area contributed by atoms with Gasteiger partial charge in [0, 0.05) is 0 Å². The van der Waals surface area contributed by atoms with Crippen molar-refractivity contribution < 1.29 is 0 Å². The maximum Gasteiger partial charge on any atom is -0.00486 e. The van der Waals surface area contributed by atoms with Crippen molar-refractivity contribution in [3.05, 3.63) is 11.6 Å². The van der Waals surface area contributed by atoms with Crippen molar-refractivity contribution in [1.82, 2.24) is 0 Å². The second-order valence-electron chi connectivity index (χ2n) is 4.18. The van der Waals surface area contributed by atoms with E-state index in [0.29, 0.717) is 0 Å². The molecule has 0 atom stereocenters. The highest BCUT2D eigenvalue weighted by molar-refractivity contribution is 5.05. The number of unbranched alkanes of at least 4 members (excludes halogenated alkanes) is 2. The number of allylic oxidation sites excluding steroid dienone is 2. The molecular formula is C12H23N. The van der Waals surface area contributed by atoms with Crippen molar-refractivity contribution in [3.63, 3.8) is 0 Å². The van der Waals surface area contributed by atoms with Gasteiger partial charge in [0.1, 0.15) is 0 Å². The lowest BCUT2D eigenvalue weighted by molar-refractivity contribution is 0.417. The Labute approximate surface area is 82.4 Å². The van der Waals surface area contributed by atoms with Gasteiger partial charge in [-0.05, 0) is 44.6 Å². The van der Waals surface area contributed by atoms with E-state index < -0.39 is 0 Å². The predicted octanol–water partition coefficient (Wildman–Crippen LogP) is 3.25. The molecule has 0 aliphatic heterocycles. The van der Waals surface area contributed by atoms with Gasteiger partial charge < -0.3 is 5.73 Å². The Morgan fingerprint density at radius 1 is 1.38 bits per heavy atom. The number of hydrogen-bond donors (Lipinski definition) is 1. The molecule has 0 unspecified atom stereocenters. The van der Waals surface area contributed by atoms with Crippen LogP contribution >= 0.6 is 0 Å². The molecule has 0 aromatic heterocycles. The Morgan fingerprint density at radius 2 is 2.08 bits per heavy atom. The smallest absolute Gasteiger partial charge is 0.00486 e. The van der Waals surface area contributed by atoms with Gasteiger partial charge in [0.05, 0.1) is 0 Å². The lowest BCUT2D eigenvalue weighted by atomic mass is 9.85. The van der Waals surface area contributed by atoms with E-state index in [2.05, 4.69) is 13.0 Å². The van der Waals surface area contributed by atoms with Gasteiger partial charge in [-0.25, -0.2) is 0 Å². The van der Waals surface area contributed by atoms with Gasteiger partial charge >= 0.3 is 0 Å². The fraction of sp³-hybridized carbons (Fsp3) is 0.833. The summed E-state index contributed by atoms with van der Waals surface area (Å²) in [5.41, 5.74) is 7.34. The van der Waals surface area contributed by atoms with E-state index in [9.17, 15) is 0 Å². The molecule has 0 saturated heterocycles. The zero-order valence-corrected chi connectivity index (χ0v) is 8.89. The first kappa shape index (κ1) is 10.8. The number of hydrogen-bond acceptors (Lipinski definition) is 1. The molecule has 0 bridgehead atoms. The van der Waals surface area contributed by atoms with E-state index >= 15 is 0 Å². The lowest BCUT2D eigenvalue weighted by Gasteiger charge is -2.22. The van der Waals surface area contributed by atoms with Gasteiger partial charge in [0.25, 0.3) is 0 Å². The van der Waals surface area contributed by atoms with Gasteiger partial charge in [-0.3, -0.25) is 0 Å². The first-order valence-corrected chi connectivity index (χ1v) is 5.74. The maximum atomic E-state index is 5.65. The summed E-state index contributed by atoms with van der Waals surface area (Å²) in [5, 5.41) is 0. The van der Waals surface area contributed by atoms with Crippen LogP contribution in [0.1, 0.15) is 51.9 Å². The van der Waals surface area contributed by atoms with Crippen LogP contribution in [-0.2, 0) is 0 Å². The molecule has 1 aliphatic carbocycles. The molecular weight excluding hydrogens is 158 g/mol. The topological polar surface area (TPSA) is 26.0 Å². The van der Waals surface area contributed by atoms with Gasteiger partial charge in [-0.2, -0.15) is 0 Å². The molecule has 0 heterocycles. The quantitative estimate of drug-likeness (QED) is 0.523. The summed E-state index contributed by atoms with van der Waals surface area (Å²) in [6, 6.07) is 0. The van der Waals surface area contributed by atoms with Crippen LogP contribution in [0.25, 0.3) is 0 Å². The molecule has 0 aromatic carbocycles.